The summed E-state index contributed by atoms with van der Waals surface area (Å²) in [7, 11) is 0. The van der Waals surface area contributed by atoms with E-state index < -0.39 is 18.0 Å². The Hall–Kier alpha value is -1.59. The summed E-state index contributed by atoms with van der Waals surface area (Å²) in [5, 5.41) is 17.9. The van der Waals surface area contributed by atoms with Crippen LogP contribution in [0.4, 0.5) is 0 Å². The van der Waals surface area contributed by atoms with E-state index in [1.165, 1.54) is 88.9 Å². The zero-order chi connectivity index (χ0) is 22.6. The van der Waals surface area contributed by atoms with Crippen LogP contribution in [0.5, 0.6) is 0 Å². The molecular weight excluding hydrogens is 382 g/mol. The normalized spacial score (nSPS) is 11.9. The van der Waals surface area contributed by atoms with Crippen molar-refractivity contribution >= 4 is 17.8 Å². The van der Waals surface area contributed by atoms with E-state index in [2.05, 4.69) is 6.92 Å². The molecule has 0 aromatic carbocycles. The molecule has 0 fully saturated rings. The lowest BCUT2D eigenvalue weighted by molar-refractivity contribution is -0.150. The van der Waals surface area contributed by atoms with Gasteiger partial charge in [0.1, 0.15) is 6.04 Å². The molecule has 6 nitrogen and oxygen atoms in total. The van der Waals surface area contributed by atoms with Gasteiger partial charge in [-0.25, -0.2) is 4.79 Å². The van der Waals surface area contributed by atoms with Crippen molar-refractivity contribution in [1.29, 1.82) is 0 Å². The largest absolute Gasteiger partial charge is 0.481 e. The predicted octanol–water partition coefficient (Wildman–Crippen LogP) is 6.02. The molecule has 0 bridgehead atoms. The smallest absolute Gasteiger partial charge is 0.326 e. The van der Waals surface area contributed by atoms with Crippen LogP contribution in [-0.2, 0) is 14.4 Å². The zero-order valence-electron chi connectivity index (χ0n) is 19.4. The second-order valence-corrected chi connectivity index (χ2v) is 8.44. The van der Waals surface area contributed by atoms with Crippen molar-refractivity contribution in [2.45, 2.75) is 129 Å². The molecule has 0 rings (SSSR count). The predicted molar refractivity (Wildman–Crippen MR) is 121 cm³/mol. The van der Waals surface area contributed by atoms with E-state index in [9.17, 15) is 14.4 Å². The van der Waals surface area contributed by atoms with Gasteiger partial charge in [-0.05, 0) is 13.3 Å². The number of carboxylic acid groups (broad SMARTS) is 2. The summed E-state index contributed by atoms with van der Waals surface area (Å²) in [5.41, 5.74) is 0. The number of hydrogen-bond donors (Lipinski definition) is 2. The summed E-state index contributed by atoms with van der Waals surface area (Å²) in [6, 6.07) is -0.992. The number of hydrogen-bond acceptors (Lipinski definition) is 3. The first-order chi connectivity index (χ1) is 14.4. The highest BCUT2D eigenvalue weighted by molar-refractivity contribution is 5.83. The maximum atomic E-state index is 12.3. The molecule has 0 aliphatic heterocycles. The van der Waals surface area contributed by atoms with Crippen molar-refractivity contribution in [3.63, 3.8) is 0 Å². The van der Waals surface area contributed by atoms with E-state index in [1.807, 2.05) is 0 Å². The van der Waals surface area contributed by atoms with Crippen molar-refractivity contribution in [2.24, 2.45) is 0 Å². The van der Waals surface area contributed by atoms with E-state index >= 15 is 0 Å². The molecule has 0 heterocycles. The van der Waals surface area contributed by atoms with Gasteiger partial charge < -0.3 is 15.1 Å². The van der Waals surface area contributed by atoms with Crippen LogP contribution < -0.4 is 0 Å². The highest BCUT2D eigenvalue weighted by atomic mass is 16.4. The fourth-order valence-electron chi connectivity index (χ4n) is 3.67. The minimum Gasteiger partial charge on any atom is -0.481 e. The van der Waals surface area contributed by atoms with E-state index in [0.717, 1.165) is 19.3 Å². The molecular formula is C24H45NO5. The third kappa shape index (κ3) is 16.2. The molecule has 6 heteroatoms. The topological polar surface area (TPSA) is 94.9 Å². The molecule has 176 valence electrons. The number of amides is 1. The monoisotopic (exact) mass is 427 g/mol. The number of carbonyl (C=O) groups excluding carboxylic acids is 1. The van der Waals surface area contributed by atoms with Gasteiger partial charge in [-0.2, -0.15) is 0 Å². The molecule has 0 aliphatic rings. The van der Waals surface area contributed by atoms with Crippen molar-refractivity contribution in [2.75, 3.05) is 6.54 Å². The average Bonchev–Trinajstić information content (AvgIpc) is 2.70. The summed E-state index contributed by atoms with van der Waals surface area (Å²) in [4.78, 5) is 35.4. The molecule has 30 heavy (non-hydrogen) atoms. The average molecular weight is 428 g/mol. The van der Waals surface area contributed by atoms with Gasteiger partial charge in [0, 0.05) is 13.0 Å². The lowest BCUT2D eigenvalue weighted by Gasteiger charge is -2.26. The minimum absolute atomic E-state index is 0.0552. The fourth-order valence-corrected chi connectivity index (χ4v) is 3.67. The van der Waals surface area contributed by atoms with E-state index in [0.29, 0.717) is 0 Å². The Kier molecular flexibility index (Phi) is 18.4. The second kappa shape index (κ2) is 19.4. The zero-order valence-corrected chi connectivity index (χ0v) is 19.4. The van der Waals surface area contributed by atoms with Crippen molar-refractivity contribution in [3.05, 3.63) is 0 Å². The van der Waals surface area contributed by atoms with Crippen molar-refractivity contribution < 1.29 is 24.6 Å². The molecule has 1 amide bonds. The SMILES string of the molecule is CCCCCCCCCCCCCCCCCC(=O)N(CCC(=O)O)C(C)C(=O)O. The van der Waals surface area contributed by atoms with E-state index in [-0.39, 0.29) is 25.3 Å². The first-order valence-corrected chi connectivity index (χ1v) is 12.1. The van der Waals surface area contributed by atoms with Crippen LogP contribution in [-0.4, -0.2) is 45.5 Å². The van der Waals surface area contributed by atoms with E-state index in [4.69, 9.17) is 10.2 Å². The molecule has 1 unspecified atom stereocenters. The van der Waals surface area contributed by atoms with Crippen LogP contribution in [0, 0.1) is 0 Å². The standard InChI is InChI=1S/C24H45NO5/c1-3-4-5-6-7-8-9-10-11-12-13-14-15-16-17-18-22(26)25(20-19-23(27)28)21(2)24(29)30/h21H,3-20H2,1-2H3,(H,27,28)(H,29,30). The van der Waals surface area contributed by atoms with Gasteiger partial charge in [0.25, 0.3) is 0 Å². The fraction of sp³-hybridized carbons (Fsp3) is 0.875. The molecule has 2 N–H and O–H groups in total. The van der Waals surface area contributed by atoms with Crippen LogP contribution in [0.25, 0.3) is 0 Å². The van der Waals surface area contributed by atoms with Gasteiger partial charge in [-0.3, -0.25) is 9.59 Å². The van der Waals surface area contributed by atoms with Crippen LogP contribution in [0.2, 0.25) is 0 Å². The minimum atomic E-state index is -1.11. The Bertz CT molecular complexity index is 467. The molecule has 0 spiro atoms. The van der Waals surface area contributed by atoms with Crippen molar-refractivity contribution in [1.82, 2.24) is 4.90 Å². The molecule has 0 saturated carbocycles. The maximum absolute atomic E-state index is 12.3. The summed E-state index contributed by atoms with van der Waals surface area (Å²) in [6.07, 6.45) is 18.8. The highest BCUT2D eigenvalue weighted by Gasteiger charge is 2.25. The number of rotatable bonds is 21. The first-order valence-electron chi connectivity index (χ1n) is 12.1. The molecule has 0 saturated heterocycles. The Balaban J connectivity index is 3.68. The quantitative estimate of drug-likeness (QED) is 0.218. The first kappa shape index (κ1) is 28.4. The summed E-state index contributed by atoms with van der Waals surface area (Å²) in [5.74, 6) is -2.40. The Morgan fingerprint density at radius 2 is 1.07 bits per heavy atom. The lowest BCUT2D eigenvalue weighted by atomic mass is 10.0. The number of carboxylic acids is 2. The van der Waals surface area contributed by atoms with Gasteiger partial charge in [0.05, 0.1) is 6.42 Å². The molecule has 0 aromatic rings. The van der Waals surface area contributed by atoms with Gasteiger partial charge in [0.2, 0.25) is 5.91 Å². The van der Waals surface area contributed by atoms with Crippen molar-refractivity contribution in [3.8, 4) is 0 Å². The summed E-state index contributed by atoms with van der Waals surface area (Å²) in [6.45, 7) is 3.62. The van der Waals surface area contributed by atoms with Gasteiger partial charge in [-0.1, -0.05) is 96.8 Å². The van der Waals surface area contributed by atoms with Gasteiger partial charge in [0.15, 0.2) is 0 Å². The molecule has 0 aromatic heterocycles. The molecule has 0 radical (unpaired) electrons. The Morgan fingerprint density at radius 3 is 1.43 bits per heavy atom. The summed E-state index contributed by atoms with van der Waals surface area (Å²) < 4.78 is 0. The maximum Gasteiger partial charge on any atom is 0.326 e. The lowest BCUT2D eigenvalue weighted by Crippen LogP contribution is -2.44. The highest BCUT2D eigenvalue weighted by Crippen LogP contribution is 2.14. The third-order valence-corrected chi connectivity index (χ3v) is 5.71. The molecule has 0 aliphatic carbocycles. The third-order valence-electron chi connectivity index (χ3n) is 5.71. The Labute approximate surface area is 183 Å². The van der Waals surface area contributed by atoms with Crippen LogP contribution >= 0.6 is 0 Å². The van der Waals surface area contributed by atoms with E-state index in [1.54, 1.807) is 0 Å². The van der Waals surface area contributed by atoms with Crippen LogP contribution in [0.15, 0.2) is 0 Å². The van der Waals surface area contributed by atoms with Gasteiger partial charge >= 0.3 is 11.9 Å². The second-order valence-electron chi connectivity index (χ2n) is 8.44. The molecule has 1 atom stereocenters. The number of unbranched alkanes of at least 4 members (excludes halogenated alkanes) is 14. The number of aliphatic carboxylic acids is 2. The summed E-state index contributed by atoms with van der Waals surface area (Å²) >= 11 is 0. The van der Waals surface area contributed by atoms with Crippen LogP contribution in [0.1, 0.15) is 123 Å². The van der Waals surface area contributed by atoms with Crippen LogP contribution in [0.3, 0.4) is 0 Å². The van der Waals surface area contributed by atoms with Gasteiger partial charge in [-0.15, -0.1) is 0 Å². The number of carbonyl (C=O) groups is 3. The Morgan fingerprint density at radius 1 is 0.667 bits per heavy atom. The number of nitrogens with zero attached hydrogens (tertiary/aromatic N) is 1.